The van der Waals surface area contributed by atoms with Gasteiger partial charge in [0.25, 0.3) is 0 Å². The Morgan fingerprint density at radius 3 is 2.67 bits per heavy atom. The van der Waals surface area contributed by atoms with Gasteiger partial charge in [-0.15, -0.1) is 0 Å². The number of piperidine rings is 1. The second-order valence-electron chi connectivity index (χ2n) is 11.7. The van der Waals surface area contributed by atoms with Gasteiger partial charge in [-0.25, -0.2) is 4.98 Å². The third kappa shape index (κ3) is 5.70. The maximum Gasteiger partial charge on any atom is 0.157 e. The van der Waals surface area contributed by atoms with Crippen molar-refractivity contribution in [3.63, 3.8) is 0 Å². The number of H-pyrrole nitrogens is 1. The summed E-state index contributed by atoms with van der Waals surface area (Å²) in [6.45, 7) is 10.9. The van der Waals surface area contributed by atoms with E-state index >= 15 is 0 Å². The highest BCUT2D eigenvalue weighted by atomic mass is 15.2. The van der Waals surface area contributed by atoms with Gasteiger partial charge in [-0.1, -0.05) is 23.8 Å². The van der Waals surface area contributed by atoms with Gasteiger partial charge < -0.3 is 15.2 Å². The molecule has 0 radical (unpaired) electrons. The molecule has 1 aliphatic heterocycles. The predicted molar refractivity (Wildman–Crippen MR) is 162 cm³/mol. The van der Waals surface area contributed by atoms with Crippen LogP contribution in [0.3, 0.4) is 0 Å². The number of aliphatic imine (C=N–C) groups is 1. The van der Waals surface area contributed by atoms with Gasteiger partial charge in [-0.2, -0.15) is 0 Å². The molecule has 6 nitrogen and oxygen atoms in total. The highest BCUT2D eigenvalue weighted by Gasteiger charge is 2.25. The lowest BCUT2D eigenvalue weighted by molar-refractivity contribution is 0.578. The van der Waals surface area contributed by atoms with Crippen molar-refractivity contribution in [1.82, 2.24) is 20.3 Å². The number of anilines is 1. The predicted octanol–water partition coefficient (Wildman–Crippen LogP) is 6.87. The smallest absolute Gasteiger partial charge is 0.157 e. The van der Waals surface area contributed by atoms with Gasteiger partial charge in [0.15, 0.2) is 5.82 Å². The van der Waals surface area contributed by atoms with Crippen molar-refractivity contribution in [3.05, 3.63) is 82.6 Å². The van der Waals surface area contributed by atoms with Crippen LogP contribution in [0.25, 0.3) is 16.6 Å². The van der Waals surface area contributed by atoms with Crippen LogP contribution in [0.15, 0.2) is 65.1 Å². The van der Waals surface area contributed by atoms with Crippen molar-refractivity contribution in [2.24, 2.45) is 4.99 Å². The number of pyridine rings is 1. The summed E-state index contributed by atoms with van der Waals surface area (Å²) >= 11 is 0. The Hall–Kier alpha value is -3.67. The van der Waals surface area contributed by atoms with E-state index in [-0.39, 0.29) is 0 Å². The van der Waals surface area contributed by atoms with Gasteiger partial charge in [-0.3, -0.25) is 9.98 Å². The number of hydrogen-bond acceptors (Lipinski definition) is 5. The lowest BCUT2D eigenvalue weighted by Crippen LogP contribution is -2.29. The Morgan fingerprint density at radius 1 is 1.08 bits per heavy atom. The first-order valence-corrected chi connectivity index (χ1v) is 14.6. The zero-order valence-electron chi connectivity index (χ0n) is 23.7. The number of allylic oxidation sites excluding steroid dienone is 5. The van der Waals surface area contributed by atoms with E-state index in [0.29, 0.717) is 12.1 Å². The number of imidazole rings is 1. The molecule has 3 heterocycles. The summed E-state index contributed by atoms with van der Waals surface area (Å²) in [4.78, 5) is 21.0. The molecular weight excluding hydrogens is 480 g/mol. The van der Waals surface area contributed by atoms with Gasteiger partial charge in [0.2, 0.25) is 0 Å². The fraction of sp³-hybridized carbons (Fsp3) is 0.424. The molecule has 0 amide bonds. The maximum absolute atomic E-state index is 5.23. The SMILES string of the molecule is CC1=CC(NC(C)C)=CC(c2ccc(C)c(C(=NC3CC3)c3nc4c(N5CCCCC5)cncc4[nH]3)c2)=CC1. The van der Waals surface area contributed by atoms with Crippen LogP contribution >= 0.6 is 0 Å². The molecule has 2 N–H and O–H groups in total. The molecule has 6 heteroatoms. The van der Waals surface area contributed by atoms with Crippen LogP contribution in [-0.2, 0) is 0 Å². The average molecular weight is 521 g/mol. The van der Waals surface area contributed by atoms with Gasteiger partial charge in [-0.05, 0) is 101 Å². The number of nitrogens with one attached hydrogen (secondary N) is 2. The van der Waals surface area contributed by atoms with Crippen LogP contribution in [0, 0.1) is 6.92 Å². The number of aromatic nitrogens is 3. The number of aryl methyl sites for hydroxylation is 1. The van der Waals surface area contributed by atoms with Gasteiger partial charge in [0.1, 0.15) is 11.2 Å². The molecule has 6 rings (SSSR count). The van der Waals surface area contributed by atoms with E-state index in [9.17, 15) is 0 Å². The molecule has 0 spiro atoms. The first kappa shape index (κ1) is 25.6. The first-order valence-electron chi connectivity index (χ1n) is 14.6. The Kier molecular flexibility index (Phi) is 7.11. The van der Waals surface area contributed by atoms with Crippen molar-refractivity contribution in [3.8, 4) is 0 Å². The number of hydrogen-bond donors (Lipinski definition) is 2. The zero-order valence-corrected chi connectivity index (χ0v) is 23.7. The summed E-state index contributed by atoms with van der Waals surface area (Å²) < 4.78 is 0. The Labute approximate surface area is 232 Å². The van der Waals surface area contributed by atoms with Crippen LogP contribution in [-0.4, -0.2) is 45.8 Å². The largest absolute Gasteiger partial charge is 0.383 e. The third-order valence-electron chi connectivity index (χ3n) is 7.79. The molecule has 1 saturated carbocycles. The van der Waals surface area contributed by atoms with Crippen LogP contribution in [0.1, 0.15) is 81.8 Å². The molecule has 0 unspecified atom stereocenters. The molecule has 1 aromatic carbocycles. The van der Waals surface area contributed by atoms with Crippen molar-refractivity contribution in [2.75, 3.05) is 18.0 Å². The number of aromatic amines is 1. The highest BCUT2D eigenvalue weighted by Crippen LogP contribution is 2.31. The summed E-state index contributed by atoms with van der Waals surface area (Å²) in [5.74, 6) is 0.841. The van der Waals surface area contributed by atoms with Crippen LogP contribution < -0.4 is 10.2 Å². The molecular formula is C33H40N6. The van der Waals surface area contributed by atoms with Crippen molar-refractivity contribution in [1.29, 1.82) is 0 Å². The monoisotopic (exact) mass is 520 g/mol. The van der Waals surface area contributed by atoms with Gasteiger partial charge in [0.05, 0.1) is 29.6 Å². The first-order chi connectivity index (χ1) is 18.9. The minimum Gasteiger partial charge on any atom is -0.383 e. The van der Waals surface area contributed by atoms with E-state index in [1.807, 2.05) is 12.4 Å². The molecule has 2 aromatic heterocycles. The van der Waals surface area contributed by atoms with E-state index in [2.05, 4.69) is 84.3 Å². The van der Waals surface area contributed by atoms with Crippen molar-refractivity contribution >= 4 is 28.0 Å². The fourth-order valence-electron chi connectivity index (χ4n) is 5.58. The summed E-state index contributed by atoms with van der Waals surface area (Å²) in [6, 6.07) is 7.53. The van der Waals surface area contributed by atoms with Crippen LogP contribution in [0.5, 0.6) is 0 Å². The minimum absolute atomic E-state index is 0.377. The summed E-state index contributed by atoms with van der Waals surface area (Å²) in [5, 5.41) is 3.60. The fourth-order valence-corrected chi connectivity index (χ4v) is 5.58. The van der Waals surface area contributed by atoms with E-state index in [0.717, 1.165) is 71.9 Å². The van der Waals surface area contributed by atoms with Gasteiger partial charge in [0, 0.05) is 30.4 Å². The number of nitrogens with zero attached hydrogens (tertiary/aromatic N) is 4. The lowest BCUT2D eigenvalue weighted by Gasteiger charge is -2.28. The average Bonchev–Trinajstić information content (AvgIpc) is 3.68. The second-order valence-corrected chi connectivity index (χ2v) is 11.7. The molecule has 1 saturated heterocycles. The maximum atomic E-state index is 5.23. The highest BCUT2D eigenvalue weighted by molar-refractivity contribution is 6.13. The standard InChI is InChI=1S/C33H40N6/c1-21(2)35-27-16-22(3)8-10-24(17-27)25-11-9-23(4)28(18-25)31(36-26-12-13-26)33-37-29-19-34-20-30(32(29)38-33)39-14-6-5-7-15-39/h9-11,16-21,26,35H,5-8,12-15H2,1-4H3,(H,37,38). The summed E-state index contributed by atoms with van der Waals surface area (Å²) in [5.41, 5.74) is 11.4. The van der Waals surface area contributed by atoms with Crippen LogP contribution in [0.2, 0.25) is 0 Å². The molecule has 3 aliphatic rings. The second kappa shape index (κ2) is 10.8. The summed E-state index contributed by atoms with van der Waals surface area (Å²) in [7, 11) is 0. The Morgan fingerprint density at radius 2 is 1.90 bits per heavy atom. The van der Waals surface area contributed by atoms with E-state index < -0.39 is 0 Å². The normalized spacial score (nSPS) is 18.6. The van der Waals surface area contributed by atoms with Crippen molar-refractivity contribution in [2.45, 2.75) is 78.3 Å². The number of benzene rings is 1. The third-order valence-corrected chi connectivity index (χ3v) is 7.79. The van der Waals surface area contributed by atoms with E-state index in [1.54, 1.807) is 0 Å². The van der Waals surface area contributed by atoms with E-state index in [4.69, 9.17) is 9.98 Å². The molecule has 202 valence electrons. The topological polar surface area (TPSA) is 69.2 Å². The van der Waals surface area contributed by atoms with Gasteiger partial charge >= 0.3 is 0 Å². The Bertz CT molecular complexity index is 1490. The molecule has 39 heavy (non-hydrogen) atoms. The molecule has 0 bridgehead atoms. The number of rotatable bonds is 7. The molecule has 3 aromatic rings. The zero-order chi connectivity index (χ0) is 26.9. The molecule has 0 atom stereocenters. The molecule has 2 fully saturated rings. The lowest BCUT2D eigenvalue weighted by atomic mass is 9.95. The quantitative estimate of drug-likeness (QED) is 0.334. The number of fused-ring (bicyclic) bond motifs is 1. The van der Waals surface area contributed by atoms with E-state index in [1.165, 1.54) is 41.5 Å². The summed E-state index contributed by atoms with van der Waals surface area (Å²) in [6.07, 6.45) is 17.7. The minimum atomic E-state index is 0.377. The molecule has 2 aliphatic carbocycles. The van der Waals surface area contributed by atoms with Crippen LogP contribution in [0.4, 0.5) is 5.69 Å². The Balaban J connectivity index is 1.41. The van der Waals surface area contributed by atoms with Crippen molar-refractivity contribution < 1.29 is 0 Å².